The van der Waals surface area contributed by atoms with Crippen molar-refractivity contribution >= 4 is 33.5 Å². The maximum absolute atomic E-state index is 16.3. The number of aliphatic carboxylic acids is 1. The number of carboxylic acids is 1. The first-order valence-electron chi connectivity index (χ1n) is 14.5. The second-order valence-electron chi connectivity index (χ2n) is 10.9. The predicted molar refractivity (Wildman–Crippen MR) is 168 cm³/mol. The van der Waals surface area contributed by atoms with Crippen molar-refractivity contribution in [2.75, 3.05) is 37.6 Å². The van der Waals surface area contributed by atoms with Crippen LogP contribution in [0.5, 0.6) is 0 Å². The molecule has 2 aromatic heterocycles. The average Bonchev–Trinajstić information content (AvgIpc) is 3.71. The van der Waals surface area contributed by atoms with E-state index in [0.29, 0.717) is 54.1 Å². The Morgan fingerprint density at radius 1 is 1.02 bits per heavy atom. The number of pyridine rings is 1. The zero-order valence-corrected chi connectivity index (χ0v) is 26.5. The first-order chi connectivity index (χ1) is 22.6. The van der Waals surface area contributed by atoms with E-state index < -0.39 is 34.2 Å². The van der Waals surface area contributed by atoms with Crippen molar-refractivity contribution in [3.8, 4) is 28.1 Å². The van der Waals surface area contributed by atoms with Crippen molar-refractivity contribution in [2.45, 2.75) is 25.1 Å². The number of piperazine rings is 1. The fourth-order valence-electron chi connectivity index (χ4n) is 5.63. The third kappa shape index (κ3) is 7.76. The molecular weight excluding hydrogens is 685 g/mol. The highest BCUT2D eigenvalue weighted by Crippen LogP contribution is 2.41. The largest absolute Gasteiger partial charge is 0.490 e. The van der Waals surface area contributed by atoms with Crippen molar-refractivity contribution in [1.82, 2.24) is 24.4 Å². The second-order valence-corrected chi connectivity index (χ2v) is 12.9. The summed E-state index contributed by atoms with van der Waals surface area (Å²) in [7, 11) is -4.05. The van der Waals surface area contributed by atoms with Gasteiger partial charge in [0, 0.05) is 84.7 Å². The topological polar surface area (TPSA) is 147 Å². The molecule has 4 aromatic rings. The zero-order chi connectivity index (χ0) is 34.8. The summed E-state index contributed by atoms with van der Waals surface area (Å²) >= 11 is 6.48. The van der Waals surface area contributed by atoms with Crippen LogP contribution in [-0.4, -0.2) is 77.5 Å². The van der Waals surface area contributed by atoms with Gasteiger partial charge in [0.25, 0.3) is 10.2 Å². The highest BCUT2D eigenvalue weighted by molar-refractivity contribution is 7.86. The van der Waals surface area contributed by atoms with Crippen molar-refractivity contribution in [3.63, 3.8) is 0 Å². The molecule has 0 amide bonds. The molecule has 0 bridgehead atoms. The maximum atomic E-state index is 16.3. The number of rotatable bonds is 6. The Balaban J connectivity index is 0.000000582. The third-order valence-corrected chi connectivity index (χ3v) is 9.12. The smallest absolute Gasteiger partial charge is 0.475 e. The molecule has 0 spiro atoms. The van der Waals surface area contributed by atoms with Crippen LogP contribution in [0.3, 0.4) is 0 Å². The van der Waals surface area contributed by atoms with Gasteiger partial charge in [0.2, 0.25) is 0 Å². The van der Waals surface area contributed by atoms with Gasteiger partial charge in [0.15, 0.2) is 0 Å². The van der Waals surface area contributed by atoms with Crippen LogP contribution in [0.15, 0.2) is 61.1 Å². The predicted octanol–water partition coefficient (Wildman–Crippen LogP) is 4.92. The van der Waals surface area contributed by atoms with Crippen LogP contribution in [-0.2, 0) is 15.0 Å². The number of anilines is 1. The molecule has 0 radical (unpaired) electrons. The Morgan fingerprint density at radius 3 is 2.29 bits per heavy atom. The highest BCUT2D eigenvalue weighted by Gasteiger charge is 2.38. The lowest BCUT2D eigenvalue weighted by molar-refractivity contribution is -0.192. The number of nitrogens with one attached hydrogen (secondary N) is 1. The Labute approximate surface area is 276 Å². The standard InChI is InChI=1S/C28H28ClF2N7O2S.C2HF3O2/c29-19-14-21(27(31)22(15-19)25-2-1-11-38(25)41(32,39)40)23-17-37(35-28(23)18-5-7-33-8-6-18)20-3-4-26(24(30)16-20)36-12-9-34-10-13-36;3-2(4,5)1(6)7/h3-8,14-17,25,34H,1-2,9-13H2,(H2,32,39,40);(H,6,7). The van der Waals surface area contributed by atoms with Gasteiger partial charge in [-0.15, -0.1) is 0 Å². The van der Waals surface area contributed by atoms with Gasteiger partial charge in [-0.1, -0.05) is 11.6 Å². The normalized spacial score (nSPS) is 17.2. The molecule has 2 aliphatic rings. The number of aromatic nitrogens is 3. The van der Waals surface area contributed by atoms with Crippen LogP contribution in [0.25, 0.3) is 28.1 Å². The molecule has 0 aliphatic carbocycles. The number of alkyl halides is 3. The maximum Gasteiger partial charge on any atom is 0.490 e. The van der Waals surface area contributed by atoms with Crippen molar-refractivity contribution in [1.29, 1.82) is 0 Å². The molecule has 11 nitrogen and oxygen atoms in total. The number of hydrogen-bond donors (Lipinski definition) is 3. The number of hydrogen-bond acceptors (Lipinski definition) is 7. The van der Waals surface area contributed by atoms with E-state index in [1.54, 1.807) is 42.9 Å². The zero-order valence-electron chi connectivity index (χ0n) is 25.0. The van der Waals surface area contributed by atoms with Crippen molar-refractivity contribution in [3.05, 3.63) is 83.3 Å². The van der Waals surface area contributed by atoms with E-state index in [9.17, 15) is 21.6 Å². The summed E-state index contributed by atoms with van der Waals surface area (Å²) < 4.78 is 90.4. The van der Waals surface area contributed by atoms with Gasteiger partial charge in [-0.05, 0) is 49.2 Å². The van der Waals surface area contributed by atoms with Crippen LogP contribution in [0.2, 0.25) is 5.02 Å². The lowest BCUT2D eigenvalue weighted by atomic mass is 9.96. The molecule has 256 valence electrons. The number of carbonyl (C=O) groups is 1. The van der Waals surface area contributed by atoms with E-state index >= 15 is 8.78 Å². The van der Waals surface area contributed by atoms with Crippen LogP contribution in [0, 0.1) is 11.6 Å². The van der Waals surface area contributed by atoms with Crippen LogP contribution in [0.1, 0.15) is 24.4 Å². The van der Waals surface area contributed by atoms with Crippen LogP contribution >= 0.6 is 11.6 Å². The minimum atomic E-state index is -5.08. The number of benzene rings is 2. The quantitative estimate of drug-likeness (QED) is 0.239. The van der Waals surface area contributed by atoms with Gasteiger partial charge in [-0.3, -0.25) is 4.98 Å². The molecule has 2 fully saturated rings. The number of nitrogens with zero attached hydrogens (tertiary/aromatic N) is 5. The van der Waals surface area contributed by atoms with E-state index in [-0.39, 0.29) is 28.5 Å². The molecule has 4 heterocycles. The third-order valence-electron chi connectivity index (χ3n) is 7.81. The van der Waals surface area contributed by atoms with Gasteiger partial charge >= 0.3 is 12.1 Å². The van der Waals surface area contributed by atoms with Gasteiger partial charge < -0.3 is 15.3 Å². The molecule has 2 aromatic carbocycles. The van der Waals surface area contributed by atoms with Crippen molar-refractivity contribution < 1.29 is 40.3 Å². The molecular formula is C30H29ClF5N7O4S. The summed E-state index contributed by atoms with van der Waals surface area (Å²) in [5.74, 6) is -3.76. The van der Waals surface area contributed by atoms with E-state index in [0.717, 1.165) is 17.4 Å². The monoisotopic (exact) mass is 713 g/mol. The molecule has 1 unspecified atom stereocenters. The van der Waals surface area contributed by atoms with E-state index in [2.05, 4.69) is 10.3 Å². The minimum absolute atomic E-state index is 0.138. The fraction of sp³-hybridized carbons (Fsp3) is 0.300. The molecule has 18 heteroatoms. The Kier molecular flexibility index (Phi) is 10.4. The number of nitrogens with two attached hydrogens (primary N) is 1. The molecule has 48 heavy (non-hydrogen) atoms. The minimum Gasteiger partial charge on any atom is -0.475 e. The summed E-state index contributed by atoms with van der Waals surface area (Å²) in [6.45, 7) is 3.16. The summed E-state index contributed by atoms with van der Waals surface area (Å²) in [5, 5.41) is 20.8. The Bertz CT molecular complexity index is 1910. The highest BCUT2D eigenvalue weighted by atomic mass is 35.5. The lowest BCUT2D eigenvalue weighted by Crippen LogP contribution is -2.43. The molecule has 6 rings (SSSR count). The molecule has 2 saturated heterocycles. The van der Waals surface area contributed by atoms with E-state index in [1.807, 2.05) is 4.90 Å². The first kappa shape index (κ1) is 35.2. The summed E-state index contributed by atoms with van der Waals surface area (Å²) in [4.78, 5) is 15.0. The van der Waals surface area contributed by atoms with Crippen LogP contribution in [0.4, 0.5) is 27.6 Å². The number of carboxylic acid groups (broad SMARTS) is 1. The average molecular weight is 714 g/mol. The Hall–Kier alpha value is -4.16. The van der Waals surface area contributed by atoms with E-state index in [1.165, 1.54) is 22.9 Å². The molecule has 4 N–H and O–H groups in total. The first-order valence-corrected chi connectivity index (χ1v) is 16.4. The van der Waals surface area contributed by atoms with Crippen molar-refractivity contribution in [2.24, 2.45) is 5.14 Å². The van der Waals surface area contributed by atoms with Gasteiger partial charge in [-0.25, -0.2) is 23.4 Å². The van der Waals surface area contributed by atoms with Crippen LogP contribution < -0.4 is 15.4 Å². The molecule has 2 aliphatic heterocycles. The summed E-state index contributed by atoms with van der Waals surface area (Å²) in [6.07, 6.45) is 0.685. The Morgan fingerprint density at radius 2 is 1.69 bits per heavy atom. The summed E-state index contributed by atoms with van der Waals surface area (Å²) in [5.41, 5.74) is 2.76. The lowest BCUT2D eigenvalue weighted by Gasteiger charge is -2.29. The number of halogens is 6. The summed E-state index contributed by atoms with van der Waals surface area (Å²) in [6, 6.07) is 10.5. The van der Waals surface area contributed by atoms with Gasteiger partial charge in [0.05, 0.1) is 17.4 Å². The fourth-order valence-corrected chi connectivity index (χ4v) is 6.82. The molecule has 0 saturated carbocycles. The molecule has 1 atom stereocenters. The van der Waals surface area contributed by atoms with Gasteiger partial charge in [0.1, 0.15) is 17.3 Å². The van der Waals surface area contributed by atoms with Gasteiger partial charge in [-0.2, -0.15) is 31.0 Å². The van der Waals surface area contributed by atoms with E-state index in [4.69, 9.17) is 31.7 Å². The SMILES string of the molecule is NS(=O)(=O)N1CCCC1c1cc(Cl)cc(-c2cn(-c3ccc(N4CCNCC4)c(F)c3)nc2-c2ccncc2)c1F.O=C(O)C(F)(F)F. The second kappa shape index (κ2) is 14.1.